The van der Waals surface area contributed by atoms with Crippen molar-refractivity contribution < 1.29 is 22.7 Å². The Bertz CT molecular complexity index is 685. The number of benzene rings is 1. The molecule has 138 valence electrons. The Morgan fingerprint density at radius 2 is 1.76 bits per heavy atom. The zero-order valence-electron chi connectivity index (χ0n) is 14.2. The van der Waals surface area contributed by atoms with Gasteiger partial charge in [-0.25, -0.2) is 8.42 Å². The molecule has 9 heteroatoms. The van der Waals surface area contributed by atoms with E-state index >= 15 is 0 Å². The molecule has 1 saturated heterocycles. The van der Waals surface area contributed by atoms with E-state index in [1.54, 1.807) is 12.1 Å². The molecule has 0 bridgehead atoms. The molecule has 0 saturated carbocycles. The summed E-state index contributed by atoms with van der Waals surface area (Å²) in [5.74, 6) is -0.816. The molecule has 1 aromatic carbocycles. The molecular formula is C16H23N3O5S. The minimum Gasteiger partial charge on any atom is -0.468 e. The summed E-state index contributed by atoms with van der Waals surface area (Å²) in [4.78, 5) is 24.6. The SMILES string of the molecule is COC(=O)CNC(=O)CN1CCN(S(=O)(=O)Cc2ccccc2)CC1. The molecule has 0 atom stereocenters. The second-order valence-electron chi connectivity index (χ2n) is 5.77. The predicted octanol–water partition coefficient (Wildman–Crippen LogP) is -0.577. The number of ether oxygens (including phenoxy) is 1. The van der Waals surface area contributed by atoms with Gasteiger partial charge in [-0.05, 0) is 5.56 Å². The van der Waals surface area contributed by atoms with Crippen LogP contribution < -0.4 is 5.32 Å². The lowest BCUT2D eigenvalue weighted by Gasteiger charge is -2.33. The molecule has 25 heavy (non-hydrogen) atoms. The minimum absolute atomic E-state index is 0.0204. The van der Waals surface area contributed by atoms with Gasteiger partial charge >= 0.3 is 5.97 Å². The highest BCUT2D eigenvalue weighted by molar-refractivity contribution is 7.88. The second-order valence-corrected chi connectivity index (χ2v) is 7.74. The number of esters is 1. The highest BCUT2D eigenvalue weighted by Gasteiger charge is 2.27. The first kappa shape index (κ1) is 19.4. The summed E-state index contributed by atoms with van der Waals surface area (Å²) < 4.78 is 30.9. The van der Waals surface area contributed by atoms with Crippen LogP contribution >= 0.6 is 0 Å². The standard InChI is InChI=1S/C16H23N3O5S/c1-24-16(21)11-17-15(20)12-18-7-9-19(10-8-18)25(22,23)13-14-5-3-2-4-6-14/h2-6H,7-13H2,1H3,(H,17,20). The first-order valence-electron chi connectivity index (χ1n) is 7.98. The summed E-state index contributed by atoms with van der Waals surface area (Å²) in [6.07, 6.45) is 0. The van der Waals surface area contributed by atoms with Crippen molar-refractivity contribution in [3.05, 3.63) is 35.9 Å². The van der Waals surface area contributed by atoms with E-state index in [1.807, 2.05) is 23.1 Å². The fourth-order valence-electron chi connectivity index (χ4n) is 2.54. The fraction of sp³-hybridized carbons (Fsp3) is 0.500. The lowest BCUT2D eigenvalue weighted by Crippen LogP contribution is -2.51. The number of carbonyl (C=O) groups excluding carboxylic acids is 2. The number of amides is 1. The van der Waals surface area contributed by atoms with Gasteiger partial charge in [-0.15, -0.1) is 0 Å². The van der Waals surface area contributed by atoms with E-state index in [1.165, 1.54) is 11.4 Å². The Kier molecular flexibility index (Phi) is 6.91. The number of hydrogen-bond acceptors (Lipinski definition) is 6. The van der Waals surface area contributed by atoms with Crippen molar-refractivity contribution in [1.82, 2.24) is 14.5 Å². The van der Waals surface area contributed by atoms with Gasteiger partial charge in [-0.3, -0.25) is 14.5 Å². The normalized spacial score (nSPS) is 16.4. The van der Waals surface area contributed by atoms with Crippen molar-refractivity contribution in [2.75, 3.05) is 46.4 Å². The number of piperazine rings is 1. The average Bonchev–Trinajstić information content (AvgIpc) is 2.60. The highest BCUT2D eigenvalue weighted by Crippen LogP contribution is 2.13. The van der Waals surface area contributed by atoms with E-state index in [-0.39, 0.29) is 24.7 Å². The first-order valence-corrected chi connectivity index (χ1v) is 9.59. The predicted molar refractivity (Wildman–Crippen MR) is 92.1 cm³/mol. The van der Waals surface area contributed by atoms with E-state index in [0.717, 1.165) is 5.56 Å². The van der Waals surface area contributed by atoms with Crippen LogP contribution in [0.2, 0.25) is 0 Å². The number of methoxy groups -OCH3 is 1. The molecule has 1 amide bonds. The fourth-order valence-corrected chi connectivity index (χ4v) is 4.06. The number of nitrogens with one attached hydrogen (secondary N) is 1. The average molecular weight is 369 g/mol. The van der Waals surface area contributed by atoms with Crippen molar-refractivity contribution in [3.63, 3.8) is 0 Å². The van der Waals surface area contributed by atoms with Gasteiger partial charge in [0, 0.05) is 26.2 Å². The topological polar surface area (TPSA) is 96.0 Å². The van der Waals surface area contributed by atoms with E-state index in [2.05, 4.69) is 10.1 Å². The van der Waals surface area contributed by atoms with Crippen LogP contribution in [0.3, 0.4) is 0 Å². The Balaban J connectivity index is 1.79. The number of carbonyl (C=O) groups is 2. The van der Waals surface area contributed by atoms with Crippen LogP contribution in [0.4, 0.5) is 0 Å². The Morgan fingerprint density at radius 1 is 1.12 bits per heavy atom. The summed E-state index contributed by atoms with van der Waals surface area (Å²) >= 11 is 0. The van der Waals surface area contributed by atoms with Crippen LogP contribution in [0.25, 0.3) is 0 Å². The van der Waals surface area contributed by atoms with Gasteiger partial charge in [-0.2, -0.15) is 4.31 Å². The third-order valence-electron chi connectivity index (χ3n) is 3.94. The zero-order valence-corrected chi connectivity index (χ0v) is 15.0. The third-order valence-corrected chi connectivity index (χ3v) is 5.79. The van der Waals surface area contributed by atoms with Crippen molar-refractivity contribution in [3.8, 4) is 0 Å². The molecule has 1 aliphatic heterocycles. The smallest absolute Gasteiger partial charge is 0.325 e. The van der Waals surface area contributed by atoms with E-state index in [4.69, 9.17) is 0 Å². The van der Waals surface area contributed by atoms with E-state index < -0.39 is 16.0 Å². The summed E-state index contributed by atoms with van der Waals surface area (Å²) in [5.41, 5.74) is 0.757. The molecule has 0 aliphatic carbocycles. The first-order chi connectivity index (χ1) is 11.9. The Hall–Kier alpha value is -1.97. The molecule has 0 radical (unpaired) electrons. The molecule has 0 aromatic heterocycles. The van der Waals surface area contributed by atoms with Gasteiger partial charge in [0.25, 0.3) is 0 Å². The molecule has 1 aromatic rings. The molecule has 8 nitrogen and oxygen atoms in total. The molecule has 1 heterocycles. The lowest BCUT2D eigenvalue weighted by molar-refractivity contribution is -0.141. The van der Waals surface area contributed by atoms with Crippen molar-refractivity contribution >= 4 is 21.9 Å². The highest BCUT2D eigenvalue weighted by atomic mass is 32.2. The van der Waals surface area contributed by atoms with Crippen molar-refractivity contribution in [1.29, 1.82) is 0 Å². The van der Waals surface area contributed by atoms with Crippen molar-refractivity contribution in [2.45, 2.75) is 5.75 Å². The van der Waals surface area contributed by atoms with Crippen LogP contribution in [0.15, 0.2) is 30.3 Å². The quantitative estimate of drug-likeness (QED) is 0.646. The number of rotatable bonds is 7. The van der Waals surface area contributed by atoms with E-state index in [0.29, 0.717) is 26.2 Å². The molecule has 1 N–H and O–H groups in total. The summed E-state index contributed by atoms with van der Waals surface area (Å²) in [5, 5.41) is 2.47. The van der Waals surface area contributed by atoms with Gasteiger partial charge in [0.05, 0.1) is 19.4 Å². The van der Waals surface area contributed by atoms with Crippen LogP contribution in [-0.2, 0) is 30.1 Å². The zero-order chi connectivity index (χ0) is 18.3. The maximum Gasteiger partial charge on any atom is 0.325 e. The molecule has 1 fully saturated rings. The Morgan fingerprint density at radius 3 is 2.36 bits per heavy atom. The van der Waals surface area contributed by atoms with Gasteiger partial charge in [0.1, 0.15) is 6.54 Å². The lowest BCUT2D eigenvalue weighted by atomic mass is 10.2. The molecule has 0 spiro atoms. The van der Waals surface area contributed by atoms with Gasteiger partial charge in [0.2, 0.25) is 15.9 Å². The summed E-state index contributed by atoms with van der Waals surface area (Å²) in [7, 11) is -2.11. The minimum atomic E-state index is -3.37. The second kappa shape index (κ2) is 8.93. The maximum absolute atomic E-state index is 12.5. The largest absolute Gasteiger partial charge is 0.468 e. The maximum atomic E-state index is 12.5. The van der Waals surface area contributed by atoms with Crippen LogP contribution in [0.5, 0.6) is 0 Å². The number of sulfonamides is 1. The van der Waals surface area contributed by atoms with Gasteiger partial charge in [-0.1, -0.05) is 30.3 Å². The molecule has 1 aliphatic rings. The van der Waals surface area contributed by atoms with E-state index in [9.17, 15) is 18.0 Å². The third kappa shape index (κ3) is 6.11. The number of hydrogen-bond donors (Lipinski definition) is 1. The molecular weight excluding hydrogens is 346 g/mol. The molecule has 0 unspecified atom stereocenters. The number of nitrogens with zero attached hydrogens (tertiary/aromatic N) is 2. The van der Waals surface area contributed by atoms with Crippen LogP contribution in [-0.4, -0.2) is 75.9 Å². The molecule has 2 rings (SSSR count). The van der Waals surface area contributed by atoms with Crippen LogP contribution in [0, 0.1) is 0 Å². The van der Waals surface area contributed by atoms with Gasteiger partial charge in [0.15, 0.2) is 0 Å². The monoisotopic (exact) mass is 369 g/mol. The van der Waals surface area contributed by atoms with Gasteiger partial charge < -0.3 is 10.1 Å². The summed E-state index contributed by atoms with van der Waals surface area (Å²) in [6.45, 7) is 1.60. The Labute approximate surface area is 147 Å². The van der Waals surface area contributed by atoms with Crippen molar-refractivity contribution in [2.24, 2.45) is 0 Å². The summed E-state index contributed by atoms with van der Waals surface area (Å²) in [6, 6.07) is 9.06. The van der Waals surface area contributed by atoms with Crippen LogP contribution in [0.1, 0.15) is 5.56 Å².